The number of hydrogen-bond donors (Lipinski definition) is 2. The Morgan fingerprint density at radius 2 is 1.71 bits per heavy atom. The summed E-state index contributed by atoms with van der Waals surface area (Å²) in [4.78, 5) is 23.6. The zero-order chi connectivity index (χ0) is 15.7. The van der Waals surface area contributed by atoms with Crippen LogP contribution < -0.4 is 10.6 Å². The highest BCUT2D eigenvalue weighted by atomic mass is 16.2. The average Bonchev–Trinajstić information content (AvgIpc) is 2.45. The molecule has 4 nitrogen and oxygen atoms in total. The molecule has 0 fully saturated rings. The van der Waals surface area contributed by atoms with Crippen molar-refractivity contribution in [2.45, 2.75) is 46.1 Å². The first-order valence-electron chi connectivity index (χ1n) is 7.61. The summed E-state index contributed by atoms with van der Waals surface area (Å²) in [5, 5.41) is 5.53. The molecule has 0 aromatic heterocycles. The van der Waals surface area contributed by atoms with Gasteiger partial charge in [-0.1, -0.05) is 44.9 Å². The number of nitrogens with one attached hydrogen (secondary N) is 2. The van der Waals surface area contributed by atoms with E-state index in [1.165, 1.54) is 6.42 Å². The van der Waals surface area contributed by atoms with Crippen molar-refractivity contribution >= 4 is 11.8 Å². The highest BCUT2D eigenvalue weighted by Crippen LogP contribution is 2.08. The summed E-state index contributed by atoms with van der Waals surface area (Å²) < 4.78 is 0. The Bertz CT molecular complexity index is 443. The van der Waals surface area contributed by atoms with Crippen molar-refractivity contribution < 1.29 is 9.59 Å². The van der Waals surface area contributed by atoms with Crippen LogP contribution in [-0.4, -0.2) is 24.4 Å². The molecule has 4 heteroatoms. The molecule has 116 valence electrons. The van der Waals surface area contributed by atoms with Crippen LogP contribution in [0.3, 0.4) is 0 Å². The lowest BCUT2D eigenvalue weighted by Gasteiger charge is -2.14. The van der Waals surface area contributed by atoms with E-state index in [1.54, 1.807) is 24.3 Å². The molecule has 1 unspecified atom stereocenters. The summed E-state index contributed by atoms with van der Waals surface area (Å²) in [6.07, 6.45) is 3.25. The Hall–Kier alpha value is -1.84. The standard InChI is InChI=1S/C17H26N2O2/c1-13(2)8-7-9-14(3)19-16(20)12-18-17(21)15-10-5-4-6-11-15/h4-6,10-11,13-14H,7-9,12H2,1-3H3,(H,18,21)(H,19,20). The van der Waals surface area contributed by atoms with Crippen molar-refractivity contribution in [1.82, 2.24) is 10.6 Å². The van der Waals surface area contributed by atoms with Crippen LogP contribution in [0.4, 0.5) is 0 Å². The fourth-order valence-electron chi connectivity index (χ4n) is 2.08. The highest BCUT2D eigenvalue weighted by Gasteiger charge is 2.10. The minimum absolute atomic E-state index is 0.0161. The molecule has 0 bridgehead atoms. The molecule has 21 heavy (non-hydrogen) atoms. The number of carbonyl (C=O) groups excluding carboxylic acids is 2. The normalized spacial score (nSPS) is 12.0. The van der Waals surface area contributed by atoms with Crippen molar-refractivity contribution in [3.63, 3.8) is 0 Å². The third kappa shape index (κ3) is 7.49. The van der Waals surface area contributed by atoms with Gasteiger partial charge < -0.3 is 10.6 Å². The smallest absolute Gasteiger partial charge is 0.251 e. The largest absolute Gasteiger partial charge is 0.352 e. The van der Waals surface area contributed by atoms with Gasteiger partial charge >= 0.3 is 0 Å². The summed E-state index contributed by atoms with van der Waals surface area (Å²) in [7, 11) is 0. The summed E-state index contributed by atoms with van der Waals surface area (Å²) >= 11 is 0. The molecule has 0 saturated carbocycles. The molecule has 1 aromatic rings. The van der Waals surface area contributed by atoms with E-state index in [0.29, 0.717) is 11.5 Å². The van der Waals surface area contributed by atoms with Crippen molar-refractivity contribution in [1.29, 1.82) is 0 Å². The molecule has 1 aromatic carbocycles. The van der Waals surface area contributed by atoms with Gasteiger partial charge in [-0.3, -0.25) is 9.59 Å². The number of rotatable bonds is 8. The van der Waals surface area contributed by atoms with Crippen LogP contribution in [0.25, 0.3) is 0 Å². The fraction of sp³-hybridized carbons (Fsp3) is 0.529. The van der Waals surface area contributed by atoms with Gasteiger partial charge in [0.15, 0.2) is 0 Å². The second-order valence-electron chi connectivity index (χ2n) is 5.84. The molecular formula is C17H26N2O2. The fourth-order valence-corrected chi connectivity index (χ4v) is 2.08. The molecule has 0 aliphatic carbocycles. The summed E-state index contributed by atoms with van der Waals surface area (Å²) in [6, 6.07) is 9.04. The molecule has 0 saturated heterocycles. The van der Waals surface area contributed by atoms with Gasteiger partial charge in [0.25, 0.3) is 5.91 Å². The molecule has 1 atom stereocenters. The Morgan fingerprint density at radius 1 is 1.05 bits per heavy atom. The van der Waals surface area contributed by atoms with E-state index < -0.39 is 0 Å². The quantitative estimate of drug-likeness (QED) is 0.773. The molecule has 0 aliphatic rings. The van der Waals surface area contributed by atoms with Crippen LogP contribution in [0.1, 0.15) is 50.4 Å². The minimum Gasteiger partial charge on any atom is -0.352 e. The van der Waals surface area contributed by atoms with Crippen LogP contribution >= 0.6 is 0 Å². The van der Waals surface area contributed by atoms with Crippen LogP contribution in [-0.2, 0) is 4.79 Å². The Kier molecular flexibility index (Phi) is 7.51. The lowest BCUT2D eigenvalue weighted by molar-refractivity contribution is -0.120. The molecule has 0 aliphatic heterocycles. The number of benzene rings is 1. The Balaban J connectivity index is 2.23. The second kappa shape index (κ2) is 9.16. The topological polar surface area (TPSA) is 58.2 Å². The average molecular weight is 290 g/mol. The Labute approximate surface area is 127 Å². The zero-order valence-electron chi connectivity index (χ0n) is 13.2. The molecule has 0 spiro atoms. The second-order valence-corrected chi connectivity index (χ2v) is 5.84. The van der Waals surface area contributed by atoms with Gasteiger partial charge in [0, 0.05) is 11.6 Å². The first kappa shape index (κ1) is 17.2. The predicted molar refractivity (Wildman–Crippen MR) is 85.1 cm³/mol. The van der Waals surface area contributed by atoms with Gasteiger partial charge in [-0.05, 0) is 31.4 Å². The minimum atomic E-state index is -0.224. The van der Waals surface area contributed by atoms with Gasteiger partial charge in [0.05, 0.1) is 6.54 Å². The highest BCUT2D eigenvalue weighted by molar-refractivity contribution is 5.96. The predicted octanol–water partition coefficient (Wildman–Crippen LogP) is 2.75. The van der Waals surface area contributed by atoms with Crippen LogP contribution in [0.15, 0.2) is 30.3 Å². The van der Waals surface area contributed by atoms with E-state index in [4.69, 9.17) is 0 Å². The third-order valence-corrected chi connectivity index (χ3v) is 3.27. The van der Waals surface area contributed by atoms with Crippen molar-refractivity contribution in [3.05, 3.63) is 35.9 Å². The maximum Gasteiger partial charge on any atom is 0.251 e. The van der Waals surface area contributed by atoms with E-state index in [0.717, 1.165) is 12.8 Å². The lowest BCUT2D eigenvalue weighted by Crippen LogP contribution is -2.40. The van der Waals surface area contributed by atoms with E-state index in [2.05, 4.69) is 24.5 Å². The van der Waals surface area contributed by atoms with Gasteiger partial charge in [0.1, 0.15) is 0 Å². The molecular weight excluding hydrogens is 264 g/mol. The van der Waals surface area contributed by atoms with Crippen LogP contribution in [0, 0.1) is 5.92 Å². The van der Waals surface area contributed by atoms with Gasteiger partial charge in [0.2, 0.25) is 5.91 Å². The Morgan fingerprint density at radius 3 is 2.33 bits per heavy atom. The lowest BCUT2D eigenvalue weighted by atomic mass is 10.0. The van der Waals surface area contributed by atoms with E-state index in [-0.39, 0.29) is 24.4 Å². The summed E-state index contributed by atoms with van der Waals surface area (Å²) in [6.45, 7) is 6.41. The monoisotopic (exact) mass is 290 g/mol. The zero-order valence-corrected chi connectivity index (χ0v) is 13.2. The van der Waals surface area contributed by atoms with Crippen molar-refractivity contribution in [3.8, 4) is 0 Å². The maximum atomic E-state index is 11.8. The number of amides is 2. The van der Waals surface area contributed by atoms with E-state index >= 15 is 0 Å². The molecule has 0 heterocycles. The van der Waals surface area contributed by atoms with Gasteiger partial charge in [-0.25, -0.2) is 0 Å². The first-order chi connectivity index (χ1) is 9.99. The van der Waals surface area contributed by atoms with Crippen LogP contribution in [0.2, 0.25) is 0 Å². The van der Waals surface area contributed by atoms with E-state index in [9.17, 15) is 9.59 Å². The van der Waals surface area contributed by atoms with E-state index in [1.807, 2.05) is 13.0 Å². The third-order valence-electron chi connectivity index (χ3n) is 3.27. The summed E-state index contributed by atoms with van der Waals surface area (Å²) in [5.41, 5.74) is 0.565. The molecule has 0 radical (unpaired) electrons. The van der Waals surface area contributed by atoms with Crippen LogP contribution in [0.5, 0.6) is 0 Å². The first-order valence-corrected chi connectivity index (χ1v) is 7.61. The number of hydrogen-bond acceptors (Lipinski definition) is 2. The molecule has 2 N–H and O–H groups in total. The molecule has 1 rings (SSSR count). The van der Waals surface area contributed by atoms with Crippen molar-refractivity contribution in [2.75, 3.05) is 6.54 Å². The number of carbonyl (C=O) groups is 2. The van der Waals surface area contributed by atoms with Gasteiger partial charge in [-0.2, -0.15) is 0 Å². The molecule has 2 amide bonds. The van der Waals surface area contributed by atoms with Gasteiger partial charge in [-0.15, -0.1) is 0 Å². The SMILES string of the molecule is CC(C)CCCC(C)NC(=O)CNC(=O)c1ccccc1. The van der Waals surface area contributed by atoms with Crippen molar-refractivity contribution in [2.24, 2.45) is 5.92 Å². The summed E-state index contributed by atoms with van der Waals surface area (Å²) in [5.74, 6) is 0.326. The maximum absolute atomic E-state index is 11.8.